The molecule has 1 N–H and O–H groups in total. The highest BCUT2D eigenvalue weighted by Gasteiger charge is 2.40. The number of rotatable bonds is 5. The molecule has 4 nitrogen and oxygen atoms in total. The summed E-state index contributed by atoms with van der Waals surface area (Å²) in [5.41, 5.74) is 2.11. The van der Waals surface area contributed by atoms with Gasteiger partial charge in [-0.1, -0.05) is 60.7 Å². The summed E-state index contributed by atoms with van der Waals surface area (Å²) in [5.74, 6) is -1.47. The first-order valence-corrected chi connectivity index (χ1v) is 8.24. The number of hydrogen-bond donors (Lipinski definition) is 1. The van der Waals surface area contributed by atoms with Gasteiger partial charge in [-0.25, -0.2) is 0 Å². The molecule has 0 bridgehead atoms. The normalized spacial score (nSPS) is 20.1. The number of carbonyl (C=O) groups excluding carboxylic acids is 1. The van der Waals surface area contributed by atoms with Crippen LogP contribution in [0.15, 0.2) is 60.7 Å². The predicted molar refractivity (Wildman–Crippen MR) is 91.7 cm³/mol. The average molecular weight is 323 g/mol. The summed E-state index contributed by atoms with van der Waals surface area (Å²) in [6, 6.07) is 19.5. The van der Waals surface area contributed by atoms with Crippen LogP contribution in [0.5, 0.6) is 0 Å². The lowest BCUT2D eigenvalue weighted by Gasteiger charge is -2.16. The van der Waals surface area contributed by atoms with Crippen LogP contribution in [0.3, 0.4) is 0 Å². The molecule has 2 atom stereocenters. The molecule has 2 aromatic rings. The molecular formula is C20H21NO3. The first kappa shape index (κ1) is 16.2. The van der Waals surface area contributed by atoms with Gasteiger partial charge in [-0.2, -0.15) is 0 Å². The molecule has 24 heavy (non-hydrogen) atoms. The smallest absolute Gasteiger partial charge is 0.308 e. The van der Waals surface area contributed by atoms with E-state index in [9.17, 15) is 14.7 Å². The number of nitrogens with zero attached hydrogens (tertiary/aromatic N) is 1. The number of benzene rings is 2. The number of carboxylic acids is 1. The molecular weight excluding hydrogens is 302 g/mol. The second-order valence-corrected chi connectivity index (χ2v) is 6.25. The van der Waals surface area contributed by atoms with Crippen LogP contribution < -0.4 is 0 Å². The highest BCUT2D eigenvalue weighted by atomic mass is 16.4. The fourth-order valence-electron chi connectivity index (χ4n) is 3.35. The lowest BCUT2D eigenvalue weighted by Crippen LogP contribution is -2.30. The largest absolute Gasteiger partial charge is 0.481 e. The minimum atomic E-state index is -0.831. The van der Waals surface area contributed by atoms with Crippen LogP contribution in [-0.4, -0.2) is 35.0 Å². The number of carbonyl (C=O) groups is 2. The van der Waals surface area contributed by atoms with Crippen LogP contribution >= 0.6 is 0 Å². The second kappa shape index (κ2) is 7.30. The van der Waals surface area contributed by atoms with Gasteiger partial charge in [-0.15, -0.1) is 0 Å². The van der Waals surface area contributed by atoms with Crippen LogP contribution in [0.1, 0.15) is 23.5 Å². The van der Waals surface area contributed by atoms with Crippen LogP contribution in [0, 0.1) is 5.92 Å². The zero-order valence-electron chi connectivity index (χ0n) is 13.5. The summed E-state index contributed by atoms with van der Waals surface area (Å²) in [6.07, 6.45) is 1.10. The summed E-state index contributed by atoms with van der Waals surface area (Å²) in [7, 11) is 0. The number of likely N-dealkylation sites (tertiary alicyclic amines) is 1. The minimum Gasteiger partial charge on any atom is -0.481 e. The first-order valence-electron chi connectivity index (χ1n) is 8.24. The van der Waals surface area contributed by atoms with Crippen LogP contribution in [-0.2, 0) is 16.0 Å². The van der Waals surface area contributed by atoms with Gasteiger partial charge in [0, 0.05) is 25.4 Å². The van der Waals surface area contributed by atoms with Crippen molar-refractivity contribution in [2.45, 2.75) is 18.8 Å². The van der Waals surface area contributed by atoms with Gasteiger partial charge >= 0.3 is 5.97 Å². The molecule has 4 heteroatoms. The van der Waals surface area contributed by atoms with Crippen molar-refractivity contribution in [1.82, 2.24) is 4.90 Å². The van der Waals surface area contributed by atoms with E-state index < -0.39 is 11.9 Å². The highest BCUT2D eigenvalue weighted by molar-refractivity contribution is 5.79. The van der Waals surface area contributed by atoms with E-state index in [2.05, 4.69) is 0 Å². The molecule has 0 spiro atoms. The predicted octanol–water partition coefficient (Wildman–Crippen LogP) is 2.95. The summed E-state index contributed by atoms with van der Waals surface area (Å²) in [5, 5.41) is 9.51. The van der Waals surface area contributed by atoms with Gasteiger partial charge in [0.1, 0.15) is 0 Å². The van der Waals surface area contributed by atoms with E-state index in [1.54, 1.807) is 4.90 Å². The maximum absolute atomic E-state index is 12.5. The molecule has 0 radical (unpaired) electrons. The topological polar surface area (TPSA) is 57.6 Å². The van der Waals surface area contributed by atoms with E-state index >= 15 is 0 Å². The SMILES string of the molecule is O=C(O)C1CN(C(=O)CCc2ccccc2)CC1c1ccccc1. The Morgan fingerprint density at radius 2 is 1.58 bits per heavy atom. The van der Waals surface area contributed by atoms with Gasteiger partial charge in [0.25, 0.3) is 0 Å². The van der Waals surface area contributed by atoms with Crippen molar-refractivity contribution in [1.29, 1.82) is 0 Å². The van der Waals surface area contributed by atoms with Gasteiger partial charge in [0.15, 0.2) is 0 Å². The Kier molecular flexibility index (Phi) is 4.94. The number of hydrogen-bond acceptors (Lipinski definition) is 2. The highest BCUT2D eigenvalue weighted by Crippen LogP contribution is 2.33. The molecule has 0 saturated carbocycles. The third kappa shape index (κ3) is 3.65. The fourth-order valence-corrected chi connectivity index (χ4v) is 3.35. The van der Waals surface area contributed by atoms with Crippen molar-refractivity contribution in [3.05, 3.63) is 71.8 Å². The van der Waals surface area contributed by atoms with Gasteiger partial charge < -0.3 is 10.0 Å². The third-order valence-electron chi connectivity index (χ3n) is 4.69. The zero-order chi connectivity index (χ0) is 16.9. The van der Waals surface area contributed by atoms with Crippen LogP contribution in [0.25, 0.3) is 0 Å². The first-order chi connectivity index (χ1) is 11.6. The Labute approximate surface area is 141 Å². The maximum Gasteiger partial charge on any atom is 0.308 e. The maximum atomic E-state index is 12.5. The lowest BCUT2D eigenvalue weighted by molar-refractivity contribution is -0.141. The van der Waals surface area contributed by atoms with E-state index in [1.807, 2.05) is 60.7 Å². The molecule has 1 saturated heterocycles. The van der Waals surface area contributed by atoms with Gasteiger partial charge in [-0.3, -0.25) is 9.59 Å². The number of carboxylic acid groups (broad SMARTS) is 1. The van der Waals surface area contributed by atoms with Gasteiger partial charge in [0.05, 0.1) is 5.92 Å². The molecule has 1 aliphatic heterocycles. The molecule has 0 aliphatic carbocycles. The molecule has 2 aromatic carbocycles. The third-order valence-corrected chi connectivity index (χ3v) is 4.69. The Morgan fingerprint density at radius 3 is 2.21 bits per heavy atom. The molecule has 2 unspecified atom stereocenters. The molecule has 1 aliphatic rings. The number of aliphatic carboxylic acids is 1. The van der Waals surface area contributed by atoms with Crippen molar-refractivity contribution >= 4 is 11.9 Å². The Morgan fingerprint density at radius 1 is 0.958 bits per heavy atom. The summed E-state index contributed by atoms with van der Waals surface area (Å²) < 4.78 is 0. The van der Waals surface area contributed by atoms with Crippen molar-refractivity contribution < 1.29 is 14.7 Å². The van der Waals surface area contributed by atoms with Gasteiger partial charge in [0.2, 0.25) is 5.91 Å². The van der Waals surface area contributed by atoms with E-state index in [4.69, 9.17) is 0 Å². The standard InChI is InChI=1S/C20H21NO3/c22-19(12-11-15-7-3-1-4-8-15)21-13-17(18(14-21)20(23)24)16-9-5-2-6-10-16/h1-10,17-18H,11-14H2,(H,23,24). The van der Waals surface area contributed by atoms with Crippen molar-refractivity contribution in [2.75, 3.05) is 13.1 Å². The van der Waals surface area contributed by atoms with Crippen LogP contribution in [0.4, 0.5) is 0 Å². The lowest BCUT2D eigenvalue weighted by atomic mass is 9.89. The molecule has 1 fully saturated rings. The summed E-state index contributed by atoms with van der Waals surface area (Å²) in [6.45, 7) is 0.775. The Hall–Kier alpha value is -2.62. The minimum absolute atomic E-state index is 0.0311. The molecule has 124 valence electrons. The van der Waals surface area contributed by atoms with E-state index in [0.29, 0.717) is 25.9 Å². The molecule has 0 aromatic heterocycles. The van der Waals surface area contributed by atoms with E-state index in [1.165, 1.54) is 0 Å². The fraction of sp³-hybridized carbons (Fsp3) is 0.300. The zero-order valence-corrected chi connectivity index (χ0v) is 13.5. The summed E-state index contributed by atoms with van der Waals surface area (Å²) in [4.78, 5) is 25.8. The van der Waals surface area contributed by atoms with Crippen molar-refractivity contribution in [3.8, 4) is 0 Å². The second-order valence-electron chi connectivity index (χ2n) is 6.25. The van der Waals surface area contributed by atoms with Gasteiger partial charge in [-0.05, 0) is 17.5 Å². The summed E-state index contributed by atoms with van der Waals surface area (Å²) >= 11 is 0. The Bertz CT molecular complexity index is 699. The molecule has 3 rings (SSSR count). The van der Waals surface area contributed by atoms with E-state index in [0.717, 1.165) is 11.1 Å². The van der Waals surface area contributed by atoms with E-state index in [-0.39, 0.29) is 11.8 Å². The molecule has 1 amide bonds. The number of amides is 1. The number of aryl methyl sites for hydroxylation is 1. The van der Waals surface area contributed by atoms with Crippen LogP contribution in [0.2, 0.25) is 0 Å². The quantitative estimate of drug-likeness (QED) is 0.920. The molecule has 1 heterocycles. The monoisotopic (exact) mass is 323 g/mol. The average Bonchev–Trinajstić information content (AvgIpc) is 3.07. The van der Waals surface area contributed by atoms with Crippen molar-refractivity contribution in [2.24, 2.45) is 5.92 Å². The van der Waals surface area contributed by atoms with Crippen molar-refractivity contribution in [3.63, 3.8) is 0 Å². The Balaban J connectivity index is 1.66.